The quantitative estimate of drug-likeness (QED) is 0.697. The molecule has 2 saturated heterocycles. The van der Waals surface area contributed by atoms with Gasteiger partial charge in [-0.1, -0.05) is 35.9 Å². The van der Waals surface area contributed by atoms with Crippen molar-refractivity contribution in [3.8, 4) is 0 Å². The highest BCUT2D eigenvalue weighted by molar-refractivity contribution is 6.00. The van der Waals surface area contributed by atoms with Gasteiger partial charge in [-0.3, -0.25) is 14.4 Å². The molecule has 0 aromatic heterocycles. The summed E-state index contributed by atoms with van der Waals surface area (Å²) in [6.07, 6.45) is 1.58. The van der Waals surface area contributed by atoms with Crippen LogP contribution in [0.2, 0.25) is 0 Å². The topological polar surface area (TPSA) is 60.9 Å². The number of anilines is 2. The van der Waals surface area contributed by atoms with E-state index in [2.05, 4.69) is 0 Å². The lowest BCUT2D eigenvalue weighted by Crippen LogP contribution is -2.46. The van der Waals surface area contributed by atoms with Crippen molar-refractivity contribution in [3.63, 3.8) is 0 Å². The van der Waals surface area contributed by atoms with Gasteiger partial charge in [0.25, 0.3) is 0 Å². The van der Waals surface area contributed by atoms with E-state index in [0.29, 0.717) is 39.0 Å². The van der Waals surface area contributed by atoms with Crippen LogP contribution >= 0.6 is 0 Å². The summed E-state index contributed by atoms with van der Waals surface area (Å²) in [5.74, 6) is -0.220. The maximum absolute atomic E-state index is 13.3. The van der Waals surface area contributed by atoms with Gasteiger partial charge in [0.05, 0.1) is 5.92 Å². The first kappa shape index (κ1) is 23.0. The molecule has 2 aliphatic heterocycles. The Morgan fingerprint density at radius 3 is 2.27 bits per heavy atom. The fourth-order valence-electron chi connectivity index (χ4n) is 4.98. The number of amides is 3. The van der Waals surface area contributed by atoms with Crippen LogP contribution in [0.3, 0.4) is 0 Å². The Morgan fingerprint density at radius 2 is 1.64 bits per heavy atom. The van der Waals surface area contributed by atoms with Gasteiger partial charge in [0, 0.05) is 49.9 Å². The zero-order chi connectivity index (χ0) is 23.5. The van der Waals surface area contributed by atoms with E-state index in [1.165, 1.54) is 0 Å². The molecular weight excluding hydrogens is 414 g/mol. The van der Waals surface area contributed by atoms with Crippen molar-refractivity contribution in [3.05, 3.63) is 59.7 Å². The van der Waals surface area contributed by atoms with Crippen LogP contribution in [-0.4, -0.2) is 48.8 Å². The molecule has 0 radical (unpaired) electrons. The largest absolute Gasteiger partial charge is 0.342 e. The number of aryl methyl sites for hydroxylation is 2. The van der Waals surface area contributed by atoms with Gasteiger partial charge in [-0.15, -0.1) is 0 Å². The molecule has 0 bridgehead atoms. The molecule has 6 nitrogen and oxygen atoms in total. The van der Waals surface area contributed by atoms with Crippen LogP contribution in [0.4, 0.5) is 11.4 Å². The molecule has 2 fully saturated rings. The second-order valence-electron chi connectivity index (χ2n) is 9.21. The maximum atomic E-state index is 13.3. The van der Waals surface area contributed by atoms with Crippen molar-refractivity contribution in [1.29, 1.82) is 0 Å². The average molecular weight is 448 g/mol. The van der Waals surface area contributed by atoms with Gasteiger partial charge in [0.1, 0.15) is 0 Å². The highest BCUT2D eigenvalue weighted by Crippen LogP contribution is 2.29. The summed E-state index contributed by atoms with van der Waals surface area (Å²) in [6, 6.07) is 15.8. The van der Waals surface area contributed by atoms with E-state index < -0.39 is 0 Å². The van der Waals surface area contributed by atoms with E-state index in [4.69, 9.17) is 0 Å². The smallest absolute Gasteiger partial charge is 0.230 e. The number of carbonyl (C=O) groups is 3. The molecule has 0 N–H and O–H groups in total. The molecule has 1 unspecified atom stereocenters. The lowest BCUT2D eigenvalue weighted by Gasteiger charge is -2.35. The monoisotopic (exact) mass is 447 g/mol. The Bertz CT molecular complexity index is 1030. The van der Waals surface area contributed by atoms with Crippen LogP contribution in [0.1, 0.15) is 37.3 Å². The average Bonchev–Trinajstić information content (AvgIpc) is 3.22. The lowest BCUT2D eigenvalue weighted by atomic mass is 9.93. The van der Waals surface area contributed by atoms with Crippen molar-refractivity contribution < 1.29 is 14.4 Å². The molecular formula is C27H33N3O3. The fourth-order valence-corrected chi connectivity index (χ4v) is 4.98. The van der Waals surface area contributed by atoms with Crippen LogP contribution in [0, 0.1) is 25.7 Å². The number of benzene rings is 2. The third-order valence-electron chi connectivity index (χ3n) is 6.96. The van der Waals surface area contributed by atoms with Crippen molar-refractivity contribution in [2.45, 2.75) is 40.0 Å². The van der Waals surface area contributed by atoms with Crippen LogP contribution in [0.25, 0.3) is 0 Å². The van der Waals surface area contributed by atoms with Crippen molar-refractivity contribution in [1.82, 2.24) is 4.90 Å². The van der Waals surface area contributed by atoms with E-state index in [1.807, 2.05) is 79.1 Å². The molecule has 4 rings (SSSR count). The highest BCUT2D eigenvalue weighted by atomic mass is 16.2. The molecule has 2 aliphatic rings. The fraction of sp³-hybridized carbons (Fsp3) is 0.444. The predicted molar refractivity (Wildman–Crippen MR) is 130 cm³/mol. The van der Waals surface area contributed by atoms with Crippen LogP contribution in [-0.2, 0) is 14.4 Å². The first-order chi connectivity index (χ1) is 15.9. The van der Waals surface area contributed by atoms with Crippen LogP contribution in [0.15, 0.2) is 48.5 Å². The second kappa shape index (κ2) is 9.77. The van der Waals surface area contributed by atoms with E-state index >= 15 is 0 Å². The summed E-state index contributed by atoms with van der Waals surface area (Å²) in [6.45, 7) is 8.22. The molecule has 6 heteroatoms. The molecule has 0 aliphatic carbocycles. The highest BCUT2D eigenvalue weighted by Gasteiger charge is 2.39. The molecule has 0 saturated carbocycles. The van der Waals surface area contributed by atoms with E-state index in [9.17, 15) is 14.4 Å². The standard InChI is InChI=1S/C27H33N3O3/c1-4-29(24-8-6-5-7-20(24)3)27(33)21-13-15-28(16-14-21)26(32)22-17-25(31)30(18-22)23-11-9-19(2)10-12-23/h5-12,21-22H,4,13-18H2,1-3H3. The Kier molecular flexibility index (Phi) is 6.82. The summed E-state index contributed by atoms with van der Waals surface area (Å²) in [7, 11) is 0. The Labute approximate surface area is 196 Å². The zero-order valence-corrected chi connectivity index (χ0v) is 19.8. The van der Waals surface area contributed by atoms with Crippen molar-refractivity contribution in [2.24, 2.45) is 11.8 Å². The van der Waals surface area contributed by atoms with Crippen molar-refractivity contribution in [2.75, 3.05) is 36.0 Å². The number of rotatable bonds is 5. The molecule has 3 amide bonds. The third-order valence-corrected chi connectivity index (χ3v) is 6.96. The molecule has 1 atom stereocenters. The van der Waals surface area contributed by atoms with Gasteiger partial charge in [-0.05, 0) is 57.4 Å². The summed E-state index contributed by atoms with van der Waals surface area (Å²) in [5.41, 5.74) is 4.04. The Morgan fingerprint density at radius 1 is 0.970 bits per heavy atom. The van der Waals surface area contributed by atoms with Gasteiger partial charge < -0.3 is 14.7 Å². The van der Waals surface area contributed by atoms with Crippen molar-refractivity contribution >= 4 is 29.1 Å². The molecule has 174 valence electrons. The summed E-state index contributed by atoms with van der Waals surface area (Å²) < 4.78 is 0. The second-order valence-corrected chi connectivity index (χ2v) is 9.21. The Balaban J connectivity index is 1.35. The number of carbonyl (C=O) groups excluding carboxylic acids is 3. The first-order valence-corrected chi connectivity index (χ1v) is 11.9. The van der Waals surface area contributed by atoms with Gasteiger partial charge >= 0.3 is 0 Å². The number of hydrogen-bond acceptors (Lipinski definition) is 3. The third kappa shape index (κ3) is 4.80. The number of piperidine rings is 1. The minimum Gasteiger partial charge on any atom is -0.342 e. The SMILES string of the molecule is CCN(C(=O)C1CCN(C(=O)C2CC(=O)N(c3ccc(C)cc3)C2)CC1)c1ccccc1C. The van der Waals surface area contributed by atoms with Crippen LogP contribution < -0.4 is 9.80 Å². The minimum atomic E-state index is -0.315. The maximum Gasteiger partial charge on any atom is 0.230 e. The van der Waals surface area contributed by atoms with Gasteiger partial charge in [-0.2, -0.15) is 0 Å². The van der Waals surface area contributed by atoms with Crippen LogP contribution in [0.5, 0.6) is 0 Å². The van der Waals surface area contributed by atoms with Gasteiger partial charge in [-0.25, -0.2) is 0 Å². The molecule has 2 heterocycles. The normalized spacial score (nSPS) is 19.1. The minimum absolute atomic E-state index is 0.000847. The van der Waals surface area contributed by atoms with Gasteiger partial charge in [0.15, 0.2) is 0 Å². The van der Waals surface area contributed by atoms with E-state index in [0.717, 1.165) is 22.5 Å². The summed E-state index contributed by atoms with van der Waals surface area (Å²) >= 11 is 0. The van der Waals surface area contributed by atoms with E-state index in [1.54, 1.807) is 4.90 Å². The summed E-state index contributed by atoms with van der Waals surface area (Å²) in [5, 5.41) is 0. The van der Waals surface area contributed by atoms with Gasteiger partial charge in [0.2, 0.25) is 17.7 Å². The molecule has 2 aromatic carbocycles. The Hall–Kier alpha value is -3.15. The molecule has 2 aromatic rings. The predicted octanol–water partition coefficient (Wildman–Crippen LogP) is 3.95. The number of likely N-dealkylation sites (tertiary alicyclic amines) is 1. The number of nitrogens with zero attached hydrogens (tertiary/aromatic N) is 3. The number of para-hydroxylation sites is 1. The summed E-state index contributed by atoms with van der Waals surface area (Å²) in [4.78, 5) is 44.4. The number of hydrogen-bond donors (Lipinski definition) is 0. The first-order valence-electron chi connectivity index (χ1n) is 11.9. The van der Waals surface area contributed by atoms with E-state index in [-0.39, 0.29) is 36.0 Å². The molecule has 0 spiro atoms. The lowest BCUT2D eigenvalue weighted by molar-refractivity contribution is -0.138. The zero-order valence-electron chi connectivity index (χ0n) is 19.8. The molecule has 33 heavy (non-hydrogen) atoms.